The highest BCUT2D eigenvalue weighted by atomic mass is 16.5. The van der Waals surface area contributed by atoms with E-state index in [9.17, 15) is 4.79 Å². The molecule has 0 unspecified atom stereocenters. The lowest BCUT2D eigenvalue weighted by Gasteiger charge is -2.08. The van der Waals surface area contributed by atoms with Crippen LogP contribution < -0.4 is 15.4 Å². The number of nitrogens with zero attached hydrogens (tertiary/aromatic N) is 2. The number of hydrogen-bond donors (Lipinski definition) is 2. The Morgan fingerprint density at radius 1 is 1.35 bits per heavy atom. The normalized spacial score (nSPS) is 10.3. The minimum absolute atomic E-state index is 0.288. The Morgan fingerprint density at radius 3 is 3.00 bits per heavy atom. The highest BCUT2D eigenvalue weighted by Gasteiger charge is 2.04. The number of rotatable bonds is 8. The first-order chi connectivity index (χ1) is 11.2. The predicted molar refractivity (Wildman–Crippen MR) is 87.8 cm³/mol. The summed E-state index contributed by atoms with van der Waals surface area (Å²) < 4.78 is 12.2. The smallest absolute Gasteiger partial charge is 0.319 e. The molecule has 124 valence electrons. The molecule has 7 nitrogen and oxygen atoms in total. The maximum atomic E-state index is 11.8. The maximum Gasteiger partial charge on any atom is 0.319 e. The van der Waals surface area contributed by atoms with E-state index in [4.69, 9.17) is 9.47 Å². The van der Waals surface area contributed by atoms with Gasteiger partial charge in [-0.3, -0.25) is 4.68 Å². The van der Waals surface area contributed by atoms with Gasteiger partial charge in [-0.25, -0.2) is 4.79 Å². The van der Waals surface area contributed by atoms with Crippen LogP contribution in [0.4, 0.5) is 10.5 Å². The van der Waals surface area contributed by atoms with Crippen molar-refractivity contribution in [3.05, 3.63) is 42.2 Å². The summed E-state index contributed by atoms with van der Waals surface area (Å²) in [6.07, 6.45) is 3.35. The third kappa shape index (κ3) is 5.99. The lowest BCUT2D eigenvalue weighted by atomic mass is 10.2. The monoisotopic (exact) mass is 318 g/mol. The van der Waals surface area contributed by atoms with E-state index >= 15 is 0 Å². The van der Waals surface area contributed by atoms with Gasteiger partial charge in [0.25, 0.3) is 0 Å². The van der Waals surface area contributed by atoms with Crippen molar-refractivity contribution in [2.75, 3.05) is 32.2 Å². The molecule has 0 fully saturated rings. The molecule has 2 rings (SSSR count). The number of nitrogens with one attached hydrogen (secondary N) is 2. The lowest BCUT2D eigenvalue weighted by molar-refractivity contribution is 0.183. The van der Waals surface area contributed by atoms with Crippen LogP contribution in [0.5, 0.6) is 5.75 Å². The van der Waals surface area contributed by atoms with Gasteiger partial charge in [-0.15, -0.1) is 0 Å². The molecule has 2 amide bonds. The summed E-state index contributed by atoms with van der Waals surface area (Å²) in [4.78, 5) is 11.8. The second kappa shape index (κ2) is 8.79. The first kappa shape index (κ1) is 16.8. The van der Waals surface area contributed by atoms with Crippen LogP contribution in [-0.2, 0) is 11.3 Å². The van der Waals surface area contributed by atoms with Gasteiger partial charge < -0.3 is 20.1 Å². The fraction of sp³-hybridized carbons (Fsp3) is 0.375. The first-order valence-corrected chi connectivity index (χ1v) is 7.43. The highest BCUT2D eigenvalue weighted by molar-refractivity contribution is 5.88. The molecule has 1 aromatic carbocycles. The summed E-state index contributed by atoms with van der Waals surface area (Å²) in [5, 5.41) is 9.57. The Hall–Kier alpha value is -2.54. The zero-order valence-electron chi connectivity index (χ0n) is 13.4. The SMILES string of the molecule is COCCn1cc(NC(=O)NCCOc2cccc(C)c2)cn1. The Balaban J connectivity index is 1.66. The van der Waals surface area contributed by atoms with Gasteiger partial charge in [-0.1, -0.05) is 12.1 Å². The molecule has 7 heteroatoms. The fourth-order valence-corrected chi connectivity index (χ4v) is 1.95. The van der Waals surface area contributed by atoms with Gasteiger partial charge in [0, 0.05) is 13.3 Å². The van der Waals surface area contributed by atoms with Crippen LogP contribution in [0.3, 0.4) is 0 Å². The second-order valence-electron chi connectivity index (χ2n) is 5.03. The Bertz CT molecular complexity index is 627. The van der Waals surface area contributed by atoms with Crippen LogP contribution in [0.15, 0.2) is 36.7 Å². The molecule has 2 N–H and O–H groups in total. The van der Waals surface area contributed by atoms with Crippen molar-refractivity contribution in [1.29, 1.82) is 0 Å². The third-order valence-electron chi connectivity index (χ3n) is 3.06. The standard InChI is InChI=1S/C16H22N4O3/c1-13-4-3-5-15(10-13)23-8-6-17-16(21)19-14-11-18-20(12-14)7-9-22-2/h3-5,10-12H,6-9H2,1-2H3,(H2,17,19,21). The Kier molecular flexibility index (Phi) is 6.43. The molecule has 0 bridgehead atoms. The molecular formula is C16H22N4O3. The third-order valence-corrected chi connectivity index (χ3v) is 3.06. The minimum Gasteiger partial charge on any atom is -0.492 e. The van der Waals surface area contributed by atoms with Crippen molar-refractivity contribution in [2.45, 2.75) is 13.5 Å². The number of aromatic nitrogens is 2. The molecule has 0 radical (unpaired) electrons. The number of benzene rings is 1. The summed E-state index contributed by atoms with van der Waals surface area (Å²) in [6.45, 7) is 4.04. The van der Waals surface area contributed by atoms with E-state index in [0.29, 0.717) is 32.0 Å². The van der Waals surface area contributed by atoms with Crippen LogP contribution in [-0.4, -0.2) is 42.7 Å². The predicted octanol–water partition coefficient (Wildman–Crippen LogP) is 2.04. The van der Waals surface area contributed by atoms with Gasteiger partial charge in [0.1, 0.15) is 12.4 Å². The van der Waals surface area contributed by atoms with Gasteiger partial charge in [0.05, 0.1) is 31.6 Å². The van der Waals surface area contributed by atoms with E-state index in [2.05, 4.69) is 15.7 Å². The molecule has 0 saturated heterocycles. The van der Waals surface area contributed by atoms with Gasteiger partial charge in [0.2, 0.25) is 0 Å². The van der Waals surface area contributed by atoms with E-state index in [0.717, 1.165) is 11.3 Å². The Labute approximate surface area is 135 Å². The molecule has 1 aromatic heterocycles. The van der Waals surface area contributed by atoms with Crippen LogP contribution in [0.1, 0.15) is 5.56 Å². The lowest BCUT2D eigenvalue weighted by Crippen LogP contribution is -2.32. The largest absolute Gasteiger partial charge is 0.492 e. The topological polar surface area (TPSA) is 77.4 Å². The maximum absolute atomic E-state index is 11.8. The van der Waals surface area contributed by atoms with Crippen LogP contribution in [0, 0.1) is 6.92 Å². The number of hydrogen-bond acceptors (Lipinski definition) is 4. The van der Waals surface area contributed by atoms with Crippen molar-refractivity contribution < 1.29 is 14.3 Å². The van der Waals surface area contributed by atoms with Gasteiger partial charge in [0.15, 0.2) is 0 Å². The van der Waals surface area contributed by atoms with Gasteiger partial charge in [-0.05, 0) is 24.6 Å². The van der Waals surface area contributed by atoms with E-state index in [1.807, 2.05) is 31.2 Å². The van der Waals surface area contributed by atoms with Gasteiger partial charge in [-0.2, -0.15) is 5.10 Å². The molecule has 0 spiro atoms. The summed E-state index contributed by atoms with van der Waals surface area (Å²) >= 11 is 0. The number of anilines is 1. The second-order valence-corrected chi connectivity index (χ2v) is 5.03. The van der Waals surface area contributed by atoms with E-state index in [-0.39, 0.29) is 6.03 Å². The fourth-order valence-electron chi connectivity index (χ4n) is 1.95. The number of carbonyl (C=O) groups is 1. The minimum atomic E-state index is -0.288. The zero-order valence-corrected chi connectivity index (χ0v) is 13.4. The molecule has 2 aromatic rings. The van der Waals surface area contributed by atoms with Crippen molar-refractivity contribution in [3.63, 3.8) is 0 Å². The number of urea groups is 1. The molecule has 0 atom stereocenters. The summed E-state index contributed by atoms with van der Waals surface area (Å²) in [6, 6.07) is 7.50. The quantitative estimate of drug-likeness (QED) is 0.730. The summed E-state index contributed by atoms with van der Waals surface area (Å²) in [7, 11) is 1.63. The molecule has 23 heavy (non-hydrogen) atoms. The number of amides is 2. The average Bonchev–Trinajstić information content (AvgIpc) is 2.97. The number of ether oxygens (including phenoxy) is 2. The summed E-state index contributed by atoms with van der Waals surface area (Å²) in [5.41, 5.74) is 1.77. The molecule has 0 saturated carbocycles. The van der Waals surface area contributed by atoms with Crippen LogP contribution in [0.25, 0.3) is 0 Å². The molecule has 0 aliphatic rings. The van der Waals surface area contributed by atoms with E-state index in [1.165, 1.54) is 0 Å². The first-order valence-electron chi connectivity index (χ1n) is 7.43. The molecule has 1 heterocycles. The molecule has 0 aliphatic carbocycles. The molecular weight excluding hydrogens is 296 g/mol. The van der Waals surface area contributed by atoms with E-state index < -0.39 is 0 Å². The van der Waals surface area contributed by atoms with Crippen molar-refractivity contribution in [3.8, 4) is 5.75 Å². The van der Waals surface area contributed by atoms with Crippen molar-refractivity contribution >= 4 is 11.7 Å². The number of aryl methyl sites for hydroxylation is 1. The van der Waals surface area contributed by atoms with Crippen LogP contribution >= 0.6 is 0 Å². The van der Waals surface area contributed by atoms with E-state index in [1.54, 1.807) is 24.2 Å². The summed E-state index contributed by atoms with van der Waals surface area (Å²) in [5.74, 6) is 0.798. The van der Waals surface area contributed by atoms with Gasteiger partial charge >= 0.3 is 6.03 Å². The average molecular weight is 318 g/mol. The van der Waals surface area contributed by atoms with Crippen molar-refractivity contribution in [1.82, 2.24) is 15.1 Å². The van der Waals surface area contributed by atoms with Crippen LogP contribution in [0.2, 0.25) is 0 Å². The zero-order chi connectivity index (χ0) is 16.5. The number of methoxy groups -OCH3 is 1. The highest BCUT2D eigenvalue weighted by Crippen LogP contribution is 2.11. The Morgan fingerprint density at radius 2 is 2.22 bits per heavy atom. The van der Waals surface area contributed by atoms with Crippen molar-refractivity contribution in [2.24, 2.45) is 0 Å². The molecule has 0 aliphatic heterocycles. The number of carbonyl (C=O) groups excluding carboxylic acids is 1.